The Kier molecular flexibility index (Phi) is 4.59. The Hall–Kier alpha value is -2.50. The molecule has 1 saturated heterocycles. The van der Waals surface area contributed by atoms with Crippen molar-refractivity contribution in [3.63, 3.8) is 0 Å². The van der Waals surface area contributed by atoms with Gasteiger partial charge in [-0.1, -0.05) is 18.2 Å². The third-order valence-corrected chi connectivity index (χ3v) is 4.49. The molecule has 0 radical (unpaired) electrons. The number of nitrogens with zero attached hydrogens (tertiary/aromatic N) is 3. The largest absolute Gasteiger partial charge is 0.379 e. The molecule has 2 heterocycles. The molecule has 128 valence electrons. The van der Waals surface area contributed by atoms with Gasteiger partial charge in [0.05, 0.1) is 18.7 Å². The molecular formula is C20H22N4O. The van der Waals surface area contributed by atoms with Crippen LogP contribution in [0.25, 0.3) is 10.9 Å². The first kappa shape index (κ1) is 16.0. The number of aryl methyl sites for hydroxylation is 1. The number of hydrogen-bond donors (Lipinski definition) is 1. The van der Waals surface area contributed by atoms with Gasteiger partial charge < -0.3 is 10.1 Å². The maximum atomic E-state index is 5.43. The van der Waals surface area contributed by atoms with Crippen molar-refractivity contribution in [1.82, 2.24) is 14.9 Å². The van der Waals surface area contributed by atoms with Crippen molar-refractivity contribution >= 4 is 22.4 Å². The molecule has 1 aromatic heterocycles. The lowest BCUT2D eigenvalue weighted by Crippen LogP contribution is -2.35. The van der Waals surface area contributed by atoms with Crippen molar-refractivity contribution in [1.29, 1.82) is 0 Å². The fraction of sp³-hybridized carbons (Fsp3) is 0.300. The molecule has 5 nitrogen and oxygen atoms in total. The van der Waals surface area contributed by atoms with Crippen LogP contribution in [-0.2, 0) is 11.3 Å². The third-order valence-electron chi connectivity index (χ3n) is 4.49. The van der Waals surface area contributed by atoms with Gasteiger partial charge in [-0.3, -0.25) is 4.90 Å². The Morgan fingerprint density at radius 2 is 1.96 bits per heavy atom. The van der Waals surface area contributed by atoms with E-state index in [1.54, 1.807) is 6.33 Å². The smallest absolute Gasteiger partial charge is 0.141 e. The average Bonchev–Trinajstić information content (AvgIpc) is 2.63. The fourth-order valence-electron chi connectivity index (χ4n) is 3.18. The highest BCUT2D eigenvalue weighted by molar-refractivity contribution is 5.91. The predicted molar refractivity (Wildman–Crippen MR) is 100 cm³/mol. The number of aromatic nitrogens is 2. The molecule has 4 rings (SSSR count). The number of benzene rings is 2. The Morgan fingerprint density at radius 3 is 2.80 bits per heavy atom. The van der Waals surface area contributed by atoms with Crippen LogP contribution >= 0.6 is 0 Å². The van der Waals surface area contributed by atoms with E-state index >= 15 is 0 Å². The zero-order chi connectivity index (χ0) is 17.1. The van der Waals surface area contributed by atoms with Crippen molar-refractivity contribution in [2.24, 2.45) is 0 Å². The lowest BCUT2D eigenvalue weighted by molar-refractivity contribution is 0.0342. The van der Waals surface area contributed by atoms with Crippen molar-refractivity contribution in [2.45, 2.75) is 13.5 Å². The highest BCUT2D eigenvalue weighted by Gasteiger charge is 2.12. The number of rotatable bonds is 4. The summed E-state index contributed by atoms with van der Waals surface area (Å²) in [5.74, 6) is 0.847. The monoisotopic (exact) mass is 334 g/mol. The number of ether oxygens (including phenoxy) is 1. The number of nitrogens with one attached hydrogen (secondary N) is 1. The standard InChI is InChI=1S/C20H22N4O/c1-15-3-2-4-17(11-15)23-20-18-12-16(5-6-19(18)21-14-22-20)13-24-7-9-25-10-8-24/h2-6,11-12,14H,7-10,13H2,1H3,(H,21,22,23). The highest BCUT2D eigenvalue weighted by Crippen LogP contribution is 2.25. The summed E-state index contributed by atoms with van der Waals surface area (Å²) in [6.45, 7) is 6.62. The van der Waals surface area contributed by atoms with Crippen LogP contribution in [0.3, 0.4) is 0 Å². The Balaban J connectivity index is 1.63. The maximum Gasteiger partial charge on any atom is 0.141 e. The summed E-state index contributed by atoms with van der Waals surface area (Å²) < 4.78 is 5.43. The molecule has 25 heavy (non-hydrogen) atoms. The second kappa shape index (κ2) is 7.17. The third kappa shape index (κ3) is 3.78. The molecule has 0 bridgehead atoms. The summed E-state index contributed by atoms with van der Waals surface area (Å²) in [5, 5.41) is 4.48. The van der Waals surface area contributed by atoms with Crippen LogP contribution in [0.5, 0.6) is 0 Å². The number of anilines is 2. The second-order valence-electron chi connectivity index (χ2n) is 6.46. The van der Waals surface area contributed by atoms with Gasteiger partial charge in [-0.2, -0.15) is 0 Å². The molecule has 0 aliphatic carbocycles. The molecular weight excluding hydrogens is 312 g/mol. The summed E-state index contributed by atoms with van der Waals surface area (Å²) in [6.07, 6.45) is 1.61. The van der Waals surface area contributed by atoms with E-state index in [9.17, 15) is 0 Å². The maximum absolute atomic E-state index is 5.43. The Labute approximate surface area is 147 Å². The molecule has 0 amide bonds. The molecule has 1 fully saturated rings. The first-order valence-electron chi connectivity index (χ1n) is 8.65. The van der Waals surface area contributed by atoms with Gasteiger partial charge in [-0.15, -0.1) is 0 Å². The second-order valence-corrected chi connectivity index (χ2v) is 6.46. The van der Waals surface area contributed by atoms with E-state index in [1.165, 1.54) is 11.1 Å². The molecule has 5 heteroatoms. The molecule has 3 aromatic rings. The van der Waals surface area contributed by atoms with Crippen LogP contribution in [0.2, 0.25) is 0 Å². The molecule has 1 aliphatic rings. The highest BCUT2D eigenvalue weighted by atomic mass is 16.5. The average molecular weight is 334 g/mol. The van der Waals surface area contributed by atoms with Crippen LogP contribution < -0.4 is 5.32 Å². The topological polar surface area (TPSA) is 50.3 Å². The molecule has 1 aliphatic heterocycles. The van der Waals surface area contributed by atoms with Crippen molar-refractivity contribution in [3.8, 4) is 0 Å². The minimum atomic E-state index is 0.816. The van der Waals surface area contributed by atoms with E-state index < -0.39 is 0 Å². The van der Waals surface area contributed by atoms with Gasteiger partial charge in [-0.25, -0.2) is 9.97 Å². The summed E-state index contributed by atoms with van der Waals surface area (Å²) in [6, 6.07) is 14.7. The number of morpholine rings is 1. The van der Waals surface area contributed by atoms with Gasteiger partial charge in [0.25, 0.3) is 0 Å². The van der Waals surface area contributed by atoms with E-state index in [0.717, 1.165) is 55.3 Å². The summed E-state index contributed by atoms with van der Waals surface area (Å²) in [5.41, 5.74) is 4.49. The van der Waals surface area contributed by atoms with Crippen LogP contribution in [-0.4, -0.2) is 41.2 Å². The van der Waals surface area contributed by atoms with Crippen molar-refractivity contribution in [3.05, 3.63) is 59.9 Å². The van der Waals surface area contributed by atoms with E-state index in [4.69, 9.17) is 4.74 Å². The van der Waals surface area contributed by atoms with Crippen LogP contribution in [0, 0.1) is 6.92 Å². The lowest BCUT2D eigenvalue weighted by Gasteiger charge is -2.26. The molecule has 1 N–H and O–H groups in total. The quantitative estimate of drug-likeness (QED) is 0.791. The van der Waals surface area contributed by atoms with E-state index in [1.807, 2.05) is 6.07 Å². The van der Waals surface area contributed by atoms with Gasteiger partial charge >= 0.3 is 0 Å². The first-order chi connectivity index (χ1) is 12.3. The molecule has 0 atom stereocenters. The summed E-state index contributed by atoms with van der Waals surface area (Å²) >= 11 is 0. The fourth-order valence-corrected chi connectivity index (χ4v) is 3.18. The molecule has 0 saturated carbocycles. The van der Waals surface area contributed by atoms with Crippen LogP contribution in [0.1, 0.15) is 11.1 Å². The minimum absolute atomic E-state index is 0.816. The first-order valence-corrected chi connectivity index (χ1v) is 8.65. The zero-order valence-electron chi connectivity index (χ0n) is 14.4. The molecule has 0 spiro atoms. The molecule has 0 unspecified atom stereocenters. The Bertz CT molecular complexity index is 874. The summed E-state index contributed by atoms with van der Waals surface area (Å²) in [4.78, 5) is 11.3. The van der Waals surface area contributed by atoms with Crippen molar-refractivity contribution < 1.29 is 4.74 Å². The minimum Gasteiger partial charge on any atom is -0.379 e. The van der Waals surface area contributed by atoms with Crippen LogP contribution in [0.15, 0.2) is 48.8 Å². The van der Waals surface area contributed by atoms with E-state index in [0.29, 0.717) is 0 Å². The number of hydrogen-bond acceptors (Lipinski definition) is 5. The van der Waals surface area contributed by atoms with Gasteiger partial charge in [0, 0.05) is 30.7 Å². The van der Waals surface area contributed by atoms with Crippen LogP contribution in [0.4, 0.5) is 11.5 Å². The summed E-state index contributed by atoms with van der Waals surface area (Å²) in [7, 11) is 0. The normalized spacial score (nSPS) is 15.4. The Morgan fingerprint density at radius 1 is 1.08 bits per heavy atom. The van der Waals surface area contributed by atoms with Gasteiger partial charge in [0.15, 0.2) is 0 Å². The SMILES string of the molecule is Cc1cccc(Nc2ncnc3ccc(CN4CCOCC4)cc23)c1. The van der Waals surface area contributed by atoms with Gasteiger partial charge in [0.2, 0.25) is 0 Å². The van der Waals surface area contributed by atoms with E-state index in [2.05, 4.69) is 63.5 Å². The number of fused-ring (bicyclic) bond motifs is 1. The zero-order valence-corrected chi connectivity index (χ0v) is 14.4. The predicted octanol–water partition coefficient (Wildman–Crippen LogP) is 3.51. The molecule has 2 aromatic carbocycles. The van der Waals surface area contributed by atoms with Gasteiger partial charge in [-0.05, 0) is 42.3 Å². The van der Waals surface area contributed by atoms with Gasteiger partial charge in [0.1, 0.15) is 12.1 Å². The van der Waals surface area contributed by atoms with Crippen molar-refractivity contribution in [2.75, 3.05) is 31.6 Å². The lowest BCUT2D eigenvalue weighted by atomic mass is 10.1. The van der Waals surface area contributed by atoms with E-state index in [-0.39, 0.29) is 0 Å².